The maximum absolute atomic E-state index is 13.1. The first-order valence-electron chi connectivity index (χ1n) is 9.72. The molecule has 0 fully saturated rings. The van der Waals surface area contributed by atoms with Crippen molar-refractivity contribution in [2.75, 3.05) is 11.5 Å². The molecule has 0 atom stereocenters. The first kappa shape index (κ1) is 19.6. The van der Waals surface area contributed by atoms with E-state index in [1.807, 2.05) is 24.4 Å². The summed E-state index contributed by atoms with van der Waals surface area (Å²) in [7, 11) is 0. The molecule has 2 aromatic heterocycles. The number of pyridine rings is 1. The molecule has 0 aliphatic carbocycles. The maximum atomic E-state index is 13.1. The molecule has 0 aliphatic rings. The number of ether oxygens (including phenoxy) is 1. The Bertz CT molecular complexity index is 1140. The molecule has 151 valence electrons. The van der Waals surface area contributed by atoms with Crippen LogP contribution in [0, 0.1) is 11.9 Å². The molecule has 30 heavy (non-hydrogen) atoms. The van der Waals surface area contributed by atoms with Crippen molar-refractivity contribution in [3.05, 3.63) is 96.2 Å². The third-order valence-corrected chi connectivity index (χ3v) is 4.82. The lowest BCUT2D eigenvalue weighted by Gasteiger charge is -2.22. The highest BCUT2D eigenvalue weighted by Crippen LogP contribution is 2.22. The Hall–Kier alpha value is -3.67. The van der Waals surface area contributed by atoms with E-state index in [2.05, 4.69) is 15.6 Å². The molecule has 2 aromatic carbocycles. The number of carbonyl (C=O) groups excluding carboxylic acids is 1. The number of carbonyl (C=O) groups is 1. The van der Waals surface area contributed by atoms with Crippen LogP contribution in [0.25, 0.3) is 10.9 Å². The summed E-state index contributed by atoms with van der Waals surface area (Å²) in [6.45, 7) is 3.09. The number of hydrogen-bond donors (Lipinski definition) is 0. The molecule has 5 nitrogen and oxygen atoms in total. The number of amides is 1. The molecule has 0 N–H and O–H groups in total. The summed E-state index contributed by atoms with van der Waals surface area (Å²) in [6.07, 6.45) is 4.79. The number of anilines is 1. The molecular weight excluding hydrogens is 381 g/mol. The molecule has 0 unspecified atom stereocenters. The number of benzene rings is 2. The van der Waals surface area contributed by atoms with Crippen molar-refractivity contribution < 1.29 is 13.9 Å². The van der Waals surface area contributed by atoms with Gasteiger partial charge in [-0.3, -0.25) is 9.88 Å². The number of fused-ring (bicyclic) bond motifs is 1. The van der Waals surface area contributed by atoms with Crippen LogP contribution in [0.2, 0.25) is 0 Å². The van der Waals surface area contributed by atoms with Crippen LogP contribution >= 0.6 is 0 Å². The van der Waals surface area contributed by atoms with Crippen LogP contribution in [-0.4, -0.2) is 22.3 Å². The Morgan fingerprint density at radius 2 is 1.83 bits per heavy atom. The van der Waals surface area contributed by atoms with Crippen LogP contribution in [-0.2, 0) is 17.8 Å². The van der Waals surface area contributed by atoms with E-state index >= 15 is 0 Å². The lowest BCUT2D eigenvalue weighted by molar-refractivity contribution is 0.159. The van der Waals surface area contributed by atoms with Gasteiger partial charge in [0.25, 0.3) is 0 Å². The van der Waals surface area contributed by atoms with Crippen LogP contribution in [0.5, 0.6) is 0 Å². The smallest absolute Gasteiger partial charge is 0.414 e. The highest BCUT2D eigenvalue weighted by Gasteiger charge is 2.18. The summed E-state index contributed by atoms with van der Waals surface area (Å²) in [5.41, 5.74) is 3.72. The number of nitrogens with zero attached hydrogens (tertiary/aromatic N) is 3. The Morgan fingerprint density at radius 3 is 2.57 bits per heavy atom. The molecule has 0 spiro atoms. The third kappa shape index (κ3) is 4.33. The highest BCUT2D eigenvalue weighted by atomic mass is 19.1. The van der Waals surface area contributed by atoms with E-state index in [-0.39, 0.29) is 5.82 Å². The second kappa shape index (κ2) is 8.78. The number of rotatable bonds is 6. The molecule has 0 saturated heterocycles. The largest absolute Gasteiger partial charge is 0.449 e. The molecule has 4 rings (SSSR count). The highest BCUT2D eigenvalue weighted by molar-refractivity contribution is 5.88. The topological polar surface area (TPSA) is 47.4 Å². The second-order valence-electron chi connectivity index (χ2n) is 6.87. The molecule has 4 aromatic rings. The van der Waals surface area contributed by atoms with E-state index in [0.717, 1.165) is 27.7 Å². The SMILES string of the molecule is CCOC(=O)N(Cc1ccc2c([c]cn2Cc2ccc(F)cc2)c1)c1ccncc1. The van der Waals surface area contributed by atoms with E-state index in [1.54, 1.807) is 48.5 Å². The molecule has 0 saturated carbocycles. The minimum absolute atomic E-state index is 0.243. The minimum atomic E-state index is -0.401. The number of aromatic nitrogens is 2. The maximum Gasteiger partial charge on any atom is 0.414 e. The quantitative estimate of drug-likeness (QED) is 0.446. The molecule has 0 aliphatic heterocycles. The number of hydrogen-bond acceptors (Lipinski definition) is 3. The summed E-state index contributed by atoms with van der Waals surface area (Å²) in [4.78, 5) is 18.1. The second-order valence-corrected chi connectivity index (χ2v) is 6.87. The van der Waals surface area contributed by atoms with Crippen LogP contribution in [0.1, 0.15) is 18.1 Å². The first-order valence-corrected chi connectivity index (χ1v) is 9.72. The molecule has 0 bridgehead atoms. The average molecular weight is 402 g/mol. The van der Waals surface area contributed by atoms with Crippen molar-refractivity contribution in [2.24, 2.45) is 0 Å². The predicted octanol–water partition coefficient (Wildman–Crippen LogP) is 5.19. The molecule has 6 heteroatoms. The zero-order valence-electron chi connectivity index (χ0n) is 16.6. The van der Waals surface area contributed by atoms with E-state index in [9.17, 15) is 9.18 Å². The Balaban J connectivity index is 1.58. The first-order chi connectivity index (χ1) is 14.6. The monoisotopic (exact) mass is 402 g/mol. The standard InChI is InChI=1S/C24H21FN3O2/c1-2-30-24(29)28(22-9-12-26-13-10-22)17-19-5-8-23-20(15-19)11-14-27(23)16-18-3-6-21(25)7-4-18/h3-10,12-15H,2,16-17H2,1H3. The predicted molar refractivity (Wildman–Crippen MR) is 114 cm³/mol. The minimum Gasteiger partial charge on any atom is -0.449 e. The van der Waals surface area contributed by atoms with Gasteiger partial charge in [-0.25, -0.2) is 9.18 Å². The fourth-order valence-corrected chi connectivity index (χ4v) is 3.35. The average Bonchev–Trinajstić information content (AvgIpc) is 3.16. The fraction of sp³-hybridized carbons (Fsp3) is 0.167. The van der Waals surface area contributed by atoms with Gasteiger partial charge < -0.3 is 9.30 Å². The normalized spacial score (nSPS) is 10.9. The van der Waals surface area contributed by atoms with Gasteiger partial charge in [0.1, 0.15) is 5.82 Å². The van der Waals surface area contributed by atoms with Crippen molar-refractivity contribution in [1.29, 1.82) is 0 Å². The Kier molecular flexibility index (Phi) is 5.75. The van der Waals surface area contributed by atoms with Gasteiger partial charge in [-0.2, -0.15) is 0 Å². The zero-order valence-corrected chi connectivity index (χ0v) is 16.6. The Labute approximate surface area is 174 Å². The van der Waals surface area contributed by atoms with E-state index in [0.29, 0.717) is 19.7 Å². The van der Waals surface area contributed by atoms with Gasteiger partial charge in [0.05, 0.1) is 18.8 Å². The van der Waals surface area contributed by atoms with Gasteiger partial charge in [0.15, 0.2) is 0 Å². The van der Waals surface area contributed by atoms with Gasteiger partial charge in [0.2, 0.25) is 0 Å². The van der Waals surface area contributed by atoms with E-state index in [4.69, 9.17) is 4.74 Å². The van der Waals surface area contributed by atoms with Crippen LogP contribution in [0.15, 0.2) is 73.2 Å². The van der Waals surface area contributed by atoms with Crippen molar-refractivity contribution in [3.8, 4) is 0 Å². The molecule has 2 heterocycles. The fourth-order valence-electron chi connectivity index (χ4n) is 3.35. The zero-order chi connectivity index (χ0) is 20.9. The number of halogens is 1. The lowest BCUT2D eigenvalue weighted by atomic mass is 10.1. The summed E-state index contributed by atoms with van der Waals surface area (Å²) >= 11 is 0. The van der Waals surface area contributed by atoms with E-state index in [1.165, 1.54) is 12.1 Å². The van der Waals surface area contributed by atoms with Crippen molar-refractivity contribution in [3.63, 3.8) is 0 Å². The van der Waals surface area contributed by atoms with Crippen molar-refractivity contribution in [2.45, 2.75) is 20.0 Å². The van der Waals surface area contributed by atoms with Crippen LogP contribution in [0.3, 0.4) is 0 Å². The summed E-state index contributed by atoms with van der Waals surface area (Å²) in [5.74, 6) is -0.243. The van der Waals surface area contributed by atoms with Crippen molar-refractivity contribution in [1.82, 2.24) is 9.55 Å². The third-order valence-electron chi connectivity index (χ3n) is 4.82. The molecular formula is C24H21FN3O2. The molecule has 1 radical (unpaired) electrons. The lowest BCUT2D eigenvalue weighted by Crippen LogP contribution is -2.31. The van der Waals surface area contributed by atoms with Crippen LogP contribution < -0.4 is 4.90 Å². The van der Waals surface area contributed by atoms with E-state index < -0.39 is 6.09 Å². The molecule has 1 amide bonds. The summed E-state index contributed by atoms with van der Waals surface area (Å²) in [6, 6.07) is 19.3. The van der Waals surface area contributed by atoms with Gasteiger partial charge in [-0.05, 0) is 54.4 Å². The summed E-state index contributed by atoms with van der Waals surface area (Å²) in [5, 5.41) is 0.952. The summed E-state index contributed by atoms with van der Waals surface area (Å²) < 4.78 is 20.4. The van der Waals surface area contributed by atoms with Gasteiger partial charge in [0, 0.05) is 42.1 Å². The van der Waals surface area contributed by atoms with Gasteiger partial charge in [-0.1, -0.05) is 18.2 Å². The van der Waals surface area contributed by atoms with Crippen LogP contribution in [0.4, 0.5) is 14.9 Å². The Morgan fingerprint density at radius 1 is 1.10 bits per heavy atom. The van der Waals surface area contributed by atoms with Gasteiger partial charge in [-0.15, -0.1) is 0 Å². The van der Waals surface area contributed by atoms with Gasteiger partial charge >= 0.3 is 6.09 Å². The van der Waals surface area contributed by atoms with Crippen molar-refractivity contribution >= 4 is 22.7 Å².